The van der Waals surface area contributed by atoms with Gasteiger partial charge in [0.2, 0.25) is 0 Å². The predicted octanol–water partition coefficient (Wildman–Crippen LogP) is 1.34. The summed E-state index contributed by atoms with van der Waals surface area (Å²) < 4.78 is 0.523. The number of carbonyl (C=O) groups excluding carboxylic acids is 1. The van der Waals surface area contributed by atoms with Crippen LogP contribution in [0.25, 0.3) is 0 Å². The molecule has 0 aliphatic carbocycles. The highest BCUT2D eigenvalue weighted by atomic mass is 79.9. The highest BCUT2D eigenvalue weighted by Gasteiger charge is 2.00. The summed E-state index contributed by atoms with van der Waals surface area (Å²) in [6, 6.07) is 2.64. The molecule has 3 nitrogen and oxygen atoms in total. The van der Waals surface area contributed by atoms with Gasteiger partial charge in [-0.25, -0.2) is 0 Å². The van der Waals surface area contributed by atoms with Gasteiger partial charge >= 0.3 is 0 Å². The Bertz CT molecular complexity index is 343. The number of pyridine rings is 1. The molecule has 1 aromatic heterocycles. The molecule has 0 saturated carbocycles. The Kier molecular flexibility index (Phi) is 2.24. The van der Waals surface area contributed by atoms with Crippen LogP contribution in [0.2, 0.25) is 0 Å². The number of hydrogen-bond donors (Lipinski definition) is 1. The number of nitrogens with one attached hydrogen (secondary N) is 1. The Balaban J connectivity index is 3.30. The van der Waals surface area contributed by atoms with Gasteiger partial charge in [0.15, 0.2) is 11.2 Å². The number of Topliss-reactive ketones (excluding diaryl/α,β-unsaturated/α-hetero) is 1. The van der Waals surface area contributed by atoms with Crippen molar-refractivity contribution in [3.05, 3.63) is 32.7 Å². The van der Waals surface area contributed by atoms with Gasteiger partial charge in [0.25, 0.3) is 0 Å². The van der Waals surface area contributed by atoms with Gasteiger partial charge in [-0.15, -0.1) is 0 Å². The first-order chi connectivity index (χ1) is 5.09. The summed E-state index contributed by atoms with van der Waals surface area (Å²) in [7, 11) is 0. The largest absolute Gasteiger partial charge is 0.347 e. The number of aromatic nitrogens is 1. The van der Waals surface area contributed by atoms with Crippen LogP contribution in [0.4, 0.5) is 0 Å². The Morgan fingerprint density at radius 1 is 1.55 bits per heavy atom. The van der Waals surface area contributed by atoms with Crippen LogP contribution >= 0.6 is 15.9 Å². The van der Waals surface area contributed by atoms with Crippen LogP contribution in [0, 0.1) is 0 Å². The third-order valence-electron chi connectivity index (χ3n) is 1.19. The Labute approximate surface area is 71.6 Å². The molecule has 0 radical (unpaired) electrons. The molecule has 0 aliphatic heterocycles. The molecule has 1 aromatic rings. The molecular formula is C7H6BrNO2. The van der Waals surface area contributed by atoms with Gasteiger partial charge < -0.3 is 4.98 Å². The summed E-state index contributed by atoms with van der Waals surface area (Å²) in [5, 5.41) is 0. The minimum absolute atomic E-state index is 0.150. The van der Waals surface area contributed by atoms with Crippen LogP contribution < -0.4 is 5.43 Å². The smallest absolute Gasteiger partial charge is 0.183 e. The Morgan fingerprint density at radius 3 is 2.64 bits per heavy atom. The fraction of sp³-hybridized carbons (Fsp3) is 0.143. The molecule has 0 aromatic carbocycles. The second-order valence-corrected chi connectivity index (χ2v) is 2.99. The third-order valence-corrected chi connectivity index (χ3v) is 1.62. The molecule has 11 heavy (non-hydrogen) atoms. The van der Waals surface area contributed by atoms with Crippen molar-refractivity contribution >= 4 is 21.7 Å². The zero-order chi connectivity index (χ0) is 8.43. The molecular weight excluding hydrogens is 210 g/mol. The topological polar surface area (TPSA) is 49.9 Å². The molecule has 0 amide bonds. The molecule has 0 aliphatic rings. The van der Waals surface area contributed by atoms with E-state index in [1.807, 2.05) is 0 Å². The van der Waals surface area contributed by atoms with Crippen LogP contribution in [0.1, 0.15) is 17.4 Å². The van der Waals surface area contributed by atoms with Crippen molar-refractivity contribution in [3.8, 4) is 0 Å². The van der Waals surface area contributed by atoms with Crippen LogP contribution in [-0.4, -0.2) is 10.8 Å². The molecule has 1 rings (SSSR count). The zero-order valence-electron chi connectivity index (χ0n) is 5.85. The maximum Gasteiger partial charge on any atom is 0.183 e. The van der Waals surface area contributed by atoms with Crippen LogP contribution in [-0.2, 0) is 0 Å². The van der Waals surface area contributed by atoms with E-state index in [4.69, 9.17) is 0 Å². The molecule has 58 valence electrons. The number of carbonyl (C=O) groups is 1. The molecule has 0 bridgehead atoms. The van der Waals surface area contributed by atoms with E-state index in [9.17, 15) is 9.59 Å². The second kappa shape index (κ2) is 3.00. The van der Waals surface area contributed by atoms with Gasteiger partial charge in [-0.05, 0) is 15.9 Å². The van der Waals surface area contributed by atoms with E-state index in [0.717, 1.165) is 0 Å². The summed E-state index contributed by atoms with van der Waals surface area (Å²) in [6.45, 7) is 1.40. The van der Waals surface area contributed by atoms with E-state index < -0.39 is 0 Å². The maximum absolute atomic E-state index is 10.8. The lowest BCUT2D eigenvalue weighted by atomic mass is 10.3. The molecule has 0 unspecified atom stereocenters. The van der Waals surface area contributed by atoms with Crippen LogP contribution in [0.3, 0.4) is 0 Å². The third kappa shape index (κ3) is 2.01. The molecule has 1 N–H and O–H groups in total. The summed E-state index contributed by atoms with van der Waals surface area (Å²) in [4.78, 5) is 24.3. The molecule has 1 heterocycles. The fourth-order valence-electron chi connectivity index (χ4n) is 0.699. The van der Waals surface area contributed by atoms with E-state index in [1.54, 1.807) is 0 Å². The van der Waals surface area contributed by atoms with E-state index >= 15 is 0 Å². The summed E-state index contributed by atoms with van der Waals surface area (Å²) in [5.41, 5.74) is 0.144. The standard InChI is InChI=1S/C7H6BrNO2/c1-4(10)6-2-5(11)3-7(8)9-6/h2-3H,1H3,(H,9,11). The van der Waals surface area contributed by atoms with E-state index in [-0.39, 0.29) is 11.2 Å². The maximum atomic E-state index is 10.8. The highest BCUT2D eigenvalue weighted by molar-refractivity contribution is 9.10. The van der Waals surface area contributed by atoms with Gasteiger partial charge in [0.1, 0.15) is 0 Å². The van der Waals surface area contributed by atoms with Crippen molar-refractivity contribution < 1.29 is 4.79 Å². The SMILES string of the molecule is CC(=O)c1cc(=O)cc(Br)[nH]1. The van der Waals surface area contributed by atoms with Crippen molar-refractivity contribution in [2.24, 2.45) is 0 Å². The average Bonchev–Trinajstić information content (AvgIpc) is 1.85. The van der Waals surface area contributed by atoms with Crippen molar-refractivity contribution in [2.75, 3.05) is 0 Å². The van der Waals surface area contributed by atoms with Gasteiger partial charge in [-0.3, -0.25) is 9.59 Å². The fourth-order valence-corrected chi connectivity index (χ4v) is 1.14. The van der Waals surface area contributed by atoms with E-state index in [0.29, 0.717) is 10.3 Å². The zero-order valence-corrected chi connectivity index (χ0v) is 7.44. The molecule has 0 spiro atoms. The van der Waals surface area contributed by atoms with Gasteiger partial charge in [-0.2, -0.15) is 0 Å². The predicted molar refractivity (Wildman–Crippen MR) is 44.8 cm³/mol. The molecule has 0 saturated heterocycles. The first-order valence-corrected chi connectivity index (χ1v) is 3.79. The monoisotopic (exact) mass is 215 g/mol. The summed E-state index contributed by atoms with van der Waals surface area (Å²) in [6.07, 6.45) is 0. The highest BCUT2D eigenvalue weighted by Crippen LogP contribution is 2.02. The normalized spacial score (nSPS) is 9.64. The van der Waals surface area contributed by atoms with E-state index in [2.05, 4.69) is 20.9 Å². The second-order valence-electron chi connectivity index (χ2n) is 2.13. The number of ketones is 1. The first-order valence-electron chi connectivity index (χ1n) is 3.00. The van der Waals surface area contributed by atoms with Crippen molar-refractivity contribution in [2.45, 2.75) is 6.92 Å². The Hall–Kier alpha value is -0.900. The van der Waals surface area contributed by atoms with Gasteiger partial charge in [-0.1, -0.05) is 0 Å². The lowest BCUT2D eigenvalue weighted by Gasteiger charge is -1.95. The minimum atomic E-state index is -0.180. The lowest BCUT2D eigenvalue weighted by Crippen LogP contribution is -2.05. The lowest BCUT2D eigenvalue weighted by molar-refractivity contribution is 0.101. The number of rotatable bonds is 1. The molecule has 4 heteroatoms. The Morgan fingerprint density at radius 2 is 2.18 bits per heavy atom. The molecule has 0 fully saturated rings. The number of halogens is 1. The molecule has 0 atom stereocenters. The van der Waals surface area contributed by atoms with Crippen LogP contribution in [0.5, 0.6) is 0 Å². The van der Waals surface area contributed by atoms with Gasteiger partial charge in [0.05, 0.1) is 10.3 Å². The van der Waals surface area contributed by atoms with Gasteiger partial charge in [0, 0.05) is 19.1 Å². The number of aromatic amines is 1. The number of H-pyrrole nitrogens is 1. The van der Waals surface area contributed by atoms with E-state index in [1.165, 1.54) is 19.1 Å². The van der Waals surface area contributed by atoms with Crippen molar-refractivity contribution in [1.82, 2.24) is 4.98 Å². The first kappa shape index (κ1) is 8.20. The van der Waals surface area contributed by atoms with Crippen LogP contribution in [0.15, 0.2) is 21.5 Å². The van der Waals surface area contributed by atoms with Crippen molar-refractivity contribution in [1.29, 1.82) is 0 Å². The summed E-state index contributed by atoms with van der Waals surface area (Å²) >= 11 is 3.07. The average molecular weight is 216 g/mol. The quantitative estimate of drug-likeness (QED) is 0.568. The summed E-state index contributed by atoms with van der Waals surface area (Å²) in [5.74, 6) is -0.150. The van der Waals surface area contributed by atoms with Crippen molar-refractivity contribution in [3.63, 3.8) is 0 Å². The minimum Gasteiger partial charge on any atom is -0.347 e. The number of hydrogen-bond acceptors (Lipinski definition) is 2.